The number of benzene rings is 1. The average Bonchev–Trinajstić information content (AvgIpc) is 2.75. The van der Waals surface area contributed by atoms with Crippen LogP contribution in [0.4, 0.5) is 10.1 Å². The van der Waals surface area contributed by atoms with Gasteiger partial charge in [0.05, 0.1) is 21.1 Å². The molecular weight excluding hydrogens is 379 g/mol. The van der Waals surface area contributed by atoms with Crippen molar-refractivity contribution in [2.75, 3.05) is 4.72 Å². The van der Waals surface area contributed by atoms with Crippen LogP contribution >= 0.6 is 27.3 Å². The molecule has 1 heterocycles. The summed E-state index contributed by atoms with van der Waals surface area (Å²) in [6, 6.07) is 5.70. The molecule has 0 bridgehead atoms. The number of rotatable bonds is 3. The van der Waals surface area contributed by atoms with E-state index in [0.29, 0.717) is 0 Å². The van der Waals surface area contributed by atoms with Gasteiger partial charge >= 0.3 is 0 Å². The molecule has 0 saturated carbocycles. The zero-order valence-corrected chi connectivity index (χ0v) is 14.3. The lowest BCUT2D eigenvalue weighted by atomic mass is 10.1. The summed E-state index contributed by atoms with van der Waals surface area (Å²) in [5, 5.41) is 8.83. The second-order valence-corrected chi connectivity index (χ2v) is 8.65. The first-order valence-electron chi connectivity index (χ1n) is 5.73. The van der Waals surface area contributed by atoms with Gasteiger partial charge in [0.1, 0.15) is 10.0 Å². The molecule has 0 saturated heterocycles. The quantitative estimate of drug-likeness (QED) is 0.865. The molecule has 110 valence electrons. The van der Waals surface area contributed by atoms with Crippen molar-refractivity contribution in [3.63, 3.8) is 0 Å². The maximum absolute atomic E-state index is 13.7. The summed E-state index contributed by atoms with van der Waals surface area (Å²) in [5.74, 6) is -0.629. The second kappa shape index (κ2) is 5.75. The van der Waals surface area contributed by atoms with Crippen LogP contribution < -0.4 is 4.72 Å². The molecule has 1 aromatic carbocycles. The third-order valence-corrected chi connectivity index (χ3v) is 6.79. The fraction of sp³-hybridized carbons (Fsp3) is 0.154. The molecule has 0 amide bonds. The number of nitrogens with one attached hydrogen (secondary N) is 1. The molecule has 0 aliphatic carbocycles. The summed E-state index contributed by atoms with van der Waals surface area (Å²) in [4.78, 5) is 0. The van der Waals surface area contributed by atoms with Crippen molar-refractivity contribution in [2.24, 2.45) is 0 Å². The van der Waals surface area contributed by atoms with E-state index >= 15 is 0 Å². The Morgan fingerprint density at radius 1 is 1.33 bits per heavy atom. The van der Waals surface area contributed by atoms with E-state index in [2.05, 4.69) is 20.7 Å². The Morgan fingerprint density at radius 2 is 2.00 bits per heavy atom. The SMILES string of the molecule is Cc1cc(S(=O)(=O)Nc2cc(C#N)cc(F)c2C)sc1Br. The highest BCUT2D eigenvalue weighted by molar-refractivity contribution is 9.11. The fourth-order valence-corrected chi connectivity index (χ4v) is 4.95. The Bertz CT molecular complexity index is 834. The molecule has 2 rings (SSSR count). The number of aryl methyl sites for hydroxylation is 1. The van der Waals surface area contributed by atoms with E-state index in [1.807, 2.05) is 0 Å². The molecule has 0 radical (unpaired) electrons. The van der Waals surface area contributed by atoms with Crippen molar-refractivity contribution in [3.05, 3.63) is 44.5 Å². The van der Waals surface area contributed by atoms with Gasteiger partial charge in [-0.3, -0.25) is 4.72 Å². The summed E-state index contributed by atoms with van der Waals surface area (Å²) in [5.41, 5.74) is 1.06. The van der Waals surface area contributed by atoms with Crippen LogP contribution in [0.3, 0.4) is 0 Å². The minimum absolute atomic E-state index is 0.0549. The van der Waals surface area contributed by atoms with E-state index in [-0.39, 0.29) is 21.0 Å². The molecule has 4 nitrogen and oxygen atoms in total. The van der Waals surface area contributed by atoms with Gasteiger partial charge in [0.15, 0.2) is 0 Å². The number of hydrogen-bond donors (Lipinski definition) is 1. The van der Waals surface area contributed by atoms with Crippen molar-refractivity contribution < 1.29 is 12.8 Å². The topological polar surface area (TPSA) is 70.0 Å². The third-order valence-electron chi connectivity index (χ3n) is 2.82. The second-order valence-electron chi connectivity index (χ2n) is 4.37. The van der Waals surface area contributed by atoms with E-state index in [1.165, 1.54) is 19.1 Å². The monoisotopic (exact) mass is 388 g/mol. The smallest absolute Gasteiger partial charge is 0.271 e. The number of halogens is 2. The number of thiophene rings is 1. The standard InChI is InChI=1S/C13H10BrFN2O2S2/c1-7-3-12(20-13(7)14)21(18,19)17-11-5-9(6-16)4-10(15)8(11)2/h3-5,17H,1-2H3. The molecule has 1 N–H and O–H groups in total. The molecule has 0 aliphatic rings. The van der Waals surface area contributed by atoms with Gasteiger partial charge in [-0.1, -0.05) is 0 Å². The molecule has 1 aromatic heterocycles. The van der Waals surface area contributed by atoms with Crippen molar-refractivity contribution in [1.82, 2.24) is 0 Å². The maximum Gasteiger partial charge on any atom is 0.271 e. The van der Waals surface area contributed by atoms with Crippen LogP contribution in [0.15, 0.2) is 26.2 Å². The minimum Gasteiger partial charge on any atom is -0.279 e. The van der Waals surface area contributed by atoms with Gasteiger partial charge in [0, 0.05) is 5.56 Å². The summed E-state index contributed by atoms with van der Waals surface area (Å²) >= 11 is 4.33. The normalized spacial score (nSPS) is 11.2. The molecule has 0 spiro atoms. The lowest BCUT2D eigenvalue weighted by molar-refractivity contribution is 0.602. The third kappa shape index (κ3) is 3.26. The van der Waals surface area contributed by atoms with Crippen LogP contribution in [0.5, 0.6) is 0 Å². The van der Waals surface area contributed by atoms with E-state index < -0.39 is 15.8 Å². The van der Waals surface area contributed by atoms with Crippen LogP contribution in [0.1, 0.15) is 16.7 Å². The lowest BCUT2D eigenvalue weighted by Crippen LogP contribution is -2.13. The van der Waals surface area contributed by atoms with E-state index in [0.717, 1.165) is 26.8 Å². The van der Waals surface area contributed by atoms with Crippen molar-refractivity contribution in [1.29, 1.82) is 5.26 Å². The highest BCUT2D eigenvalue weighted by atomic mass is 79.9. The Hall–Kier alpha value is -1.43. The summed E-state index contributed by atoms with van der Waals surface area (Å²) in [6.07, 6.45) is 0. The average molecular weight is 389 g/mol. The summed E-state index contributed by atoms with van der Waals surface area (Å²) < 4.78 is 41.5. The predicted molar refractivity (Wildman–Crippen MR) is 83.4 cm³/mol. The Kier molecular flexibility index (Phi) is 4.37. The number of nitrogens with zero attached hydrogens (tertiary/aromatic N) is 1. The van der Waals surface area contributed by atoms with Gasteiger partial charge in [-0.15, -0.1) is 11.3 Å². The van der Waals surface area contributed by atoms with Gasteiger partial charge in [-0.05, 0) is 53.5 Å². The highest BCUT2D eigenvalue weighted by Gasteiger charge is 2.20. The van der Waals surface area contributed by atoms with Crippen LogP contribution in [-0.4, -0.2) is 8.42 Å². The molecule has 0 aliphatic heterocycles. The number of sulfonamides is 1. The number of hydrogen-bond acceptors (Lipinski definition) is 4. The molecule has 0 atom stereocenters. The molecule has 0 fully saturated rings. The van der Waals surface area contributed by atoms with Gasteiger partial charge < -0.3 is 0 Å². The first-order chi connectivity index (χ1) is 9.74. The van der Waals surface area contributed by atoms with Crippen LogP contribution in [0, 0.1) is 31.0 Å². The van der Waals surface area contributed by atoms with E-state index in [9.17, 15) is 12.8 Å². The highest BCUT2D eigenvalue weighted by Crippen LogP contribution is 2.32. The lowest BCUT2D eigenvalue weighted by Gasteiger charge is -2.10. The van der Waals surface area contributed by atoms with Crippen LogP contribution in [-0.2, 0) is 10.0 Å². The molecule has 0 unspecified atom stereocenters. The Morgan fingerprint density at radius 3 is 2.52 bits per heavy atom. The molecular formula is C13H10BrFN2O2S2. The van der Waals surface area contributed by atoms with Gasteiger partial charge in [0.25, 0.3) is 10.0 Å². The van der Waals surface area contributed by atoms with Crippen molar-refractivity contribution >= 4 is 43.0 Å². The molecule has 8 heteroatoms. The summed E-state index contributed by atoms with van der Waals surface area (Å²) in [6.45, 7) is 3.23. The first kappa shape index (κ1) is 15.9. The van der Waals surface area contributed by atoms with Gasteiger partial charge in [-0.25, -0.2) is 12.8 Å². The number of anilines is 1. The van der Waals surface area contributed by atoms with Crippen LogP contribution in [0.2, 0.25) is 0 Å². The maximum atomic E-state index is 13.7. The van der Waals surface area contributed by atoms with Gasteiger partial charge in [0.2, 0.25) is 0 Å². The van der Waals surface area contributed by atoms with Crippen molar-refractivity contribution in [2.45, 2.75) is 18.1 Å². The van der Waals surface area contributed by atoms with E-state index in [4.69, 9.17) is 5.26 Å². The van der Waals surface area contributed by atoms with Crippen LogP contribution in [0.25, 0.3) is 0 Å². The number of nitriles is 1. The summed E-state index contributed by atoms with van der Waals surface area (Å²) in [7, 11) is -3.82. The predicted octanol–water partition coefficient (Wildman–Crippen LogP) is 3.94. The Balaban J connectivity index is 2.46. The van der Waals surface area contributed by atoms with E-state index in [1.54, 1.807) is 13.0 Å². The van der Waals surface area contributed by atoms with Crippen molar-refractivity contribution in [3.8, 4) is 6.07 Å². The first-order valence-corrected chi connectivity index (χ1v) is 8.83. The minimum atomic E-state index is -3.82. The zero-order chi connectivity index (χ0) is 15.8. The fourth-order valence-electron chi connectivity index (χ4n) is 1.61. The zero-order valence-electron chi connectivity index (χ0n) is 11.1. The van der Waals surface area contributed by atoms with Gasteiger partial charge in [-0.2, -0.15) is 5.26 Å². The Labute approximate surface area is 134 Å². The molecule has 2 aromatic rings. The largest absolute Gasteiger partial charge is 0.279 e. The molecule has 21 heavy (non-hydrogen) atoms.